The van der Waals surface area contributed by atoms with Crippen LogP contribution in [0.1, 0.15) is 17.5 Å². The van der Waals surface area contributed by atoms with Gasteiger partial charge in [0.15, 0.2) is 0 Å². The van der Waals surface area contributed by atoms with Gasteiger partial charge in [-0.3, -0.25) is 19.7 Å². The van der Waals surface area contributed by atoms with Crippen LogP contribution in [0.2, 0.25) is 0 Å². The fourth-order valence-corrected chi connectivity index (χ4v) is 3.55. The van der Waals surface area contributed by atoms with E-state index in [0.29, 0.717) is 0 Å². The van der Waals surface area contributed by atoms with Crippen LogP contribution in [0.5, 0.6) is 0 Å². The first-order valence-electron chi connectivity index (χ1n) is 6.97. The molecule has 0 aromatic heterocycles. The van der Waals surface area contributed by atoms with Crippen molar-refractivity contribution in [3.8, 4) is 0 Å². The Morgan fingerprint density at radius 1 is 1.14 bits per heavy atom. The number of hydrogen-bond donors (Lipinski definition) is 1. The molecule has 1 heterocycles. The van der Waals surface area contributed by atoms with E-state index in [4.69, 9.17) is 0 Å². The Bertz CT molecular complexity index is 599. The van der Waals surface area contributed by atoms with Crippen molar-refractivity contribution >= 4 is 29.5 Å². The van der Waals surface area contributed by atoms with Gasteiger partial charge in [-0.15, -0.1) is 11.8 Å². The van der Waals surface area contributed by atoms with Gasteiger partial charge in [0.2, 0.25) is 17.7 Å². The predicted octanol–water partition coefficient (Wildman–Crippen LogP) is 0.752. The highest BCUT2D eigenvalue weighted by Gasteiger charge is 2.26. The monoisotopic (exact) mass is 304 g/mol. The highest BCUT2D eigenvalue weighted by Crippen LogP contribution is 2.27. The molecule has 0 spiro atoms. The van der Waals surface area contributed by atoms with E-state index in [1.54, 1.807) is 0 Å². The van der Waals surface area contributed by atoms with E-state index in [0.717, 1.165) is 17.7 Å². The third-order valence-corrected chi connectivity index (χ3v) is 4.71. The molecule has 1 aromatic carbocycles. The number of fused-ring (bicyclic) bond motifs is 1. The summed E-state index contributed by atoms with van der Waals surface area (Å²) in [5.74, 6) is -0.757. The molecule has 2 aliphatic rings. The molecule has 0 saturated carbocycles. The number of nitrogens with zero attached hydrogens (tertiary/aromatic N) is 1. The molecule has 0 bridgehead atoms. The van der Waals surface area contributed by atoms with Crippen molar-refractivity contribution in [2.45, 2.75) is 24.2 Å². The number of rotatable bonds is 3. The van der Waals surface area contributed by atoms with Crippen molar-refractivity contribution in [1.82, 2.24) is 10.2 Å². The fraction of sp³-hybridized carbons (Fsp3) is 0.400. The Balaban J connectivity index is 1.58. The summed E-state index contributed by atoms with van der Waals surface area (Å²) in [5, 5.41) is 2.19. The van der Waals surface area contributed by atoms with Crippen LogP contribution in [0.25, 0.3) is 0 Å². The lowest BCUT2D eigenvalue weighted by Gasteiger charge is -2.25. The van der Waals surface area contributed by atoms with Crippen LogP contribution in [-0.2, 0) is 27.2 Å². The molecule has 21 heavy (non-hydrogen) atoms. The van der Waals surface area contributed by atoms with E-state index >= 15 is 0 Å². The molecule has 1 saturated heterocycles. The first-order valence-corrected chi connectivity index (χ1v) is 7.95. The fourth-order valence-electron chi connectivity index (χ4n) is 2.69. The van der Waals surface area contributed by atoms with Gasteiger partial charge in [0, 0.05) is 4.90 Å². The maximum absolute atomic E-state index is 12.1. The number of hydrogen-bond acceptors (Lipinski definition) is 4. The average Bonchev–Trinajstić information content (AvgIpc) is 2.91. The van der Waals surface area contributed by atoms with Crippen molar-refractivity contribution in [1.29, 1.82) is 0 Å². The average molecular weight is 304 g/mol. The van der Waals surface area contributed by atoms with Gasteiger partial charge in [-0.05, 0) is 42.5 Å². The van der Waals surface area contributed by atoms with Crippen LogP contribution in [0.3, 0.4) is 0 Å². The van der Waals surface area contributed by atoms with Crippen LogP contribution in [0, 0.1) is 0 Å². The topological polar surface area (TPSA) is 66.5 Å². The van der Waals surface area contributed by atoms with E-state index in [2.05, 4.69) is 17.4 Å². The zero-order chi connectivity index (χ0) is 14.8. The Kier molecular flexibility index (Phi) is 3.96. The van der Waals surface area contributed by atoms with Gasteiger partial charge in [-0.1, -0.05) is 6.07 Å². The molecule has 5 nitrogen and oxygen atoms in total. The number of nitrogens with one attached hydrogen (secondary N) is 1. The molecule has 0 atom stereocenters. The number of thioether (sulfide) groups is 1. The van der Waals surface area contributed by atoms with E-state index in [9.17, 15) is 14.4 Å². The number of amides is 3. The minimum absolute atomic E-state index is 0.0324. The highest BCUT2D eigenvalue weighted by atomic mass is 32.2. The molecular weight excluding hydrogens is 288 g/mol. The molecule has 1 aromatic rings. The molecule has 3 amide bonds. The molecule has 3 rings (SSSR count). The number of carbonyl (C=O) groups is 3. The summed E-state index contributed by atoms with van der Waals surface area (Å²) in [6, 6.07) is 6.32. The van der Waals surface area contributed by atoms with Gasteiger partial charge in [0.05, 0.1) is 5.75 Å². The number of benzene rings is 1. The second kappa shape index (κ2) is 5.89. The van der Waals surface area contributed by atoms with Gasteiger partial charge in [0.25, 0.3) is 0 Å². The van der Waals surface area contributed by atoms with E-state index < -0.39 is 11.8 Å². The highest BCUT2D eigenvalue weighted by molar-refractivity contribution is 8.00. The molecule has 6 heteroatoms. The lowest BCUT2D eigenvalue weighted by atomic mass is 10.1. The maximum Gasteiger partial charge on any atom is 0.246 e. The number of piperazine rings is 1. The Morgan fingerprint density at radius 2 is 1.86 bits per heavy atom. The number of carbonyl (C=O) groups excluding carboxylic acids is 3. The summed E-state index contributed by atoms with van der Waals surface area (Å²) in [6.45, 7) is -0.0648. The smallest absolute Gasteiger partial charge is 0.246 e. The summed E-state index contributed by atoms with van der Waals surface area (Å²) >= 11 is 1.46. The summed E-state index contributed by atoms with van der Waals surface area (Å²) in [6.07, 6.45) is 3.45. The van der Waals surface area contributed by atoms with Crippen molar-refractivity contribution < 1.29 is 14.4 Å². The Hall–Kier alpha value is -1.82. The standard InChI is InChI=1S/C15H16N2O3S/c18-13-7-17(8-14(19)16-13)15(20)9-21-12-5-4-10-2-1-3-11(10)6-12/h4-6H,1-3,7-9H2,(H,16,18,19). The van der Waals surface area contributed by atoms with Crippen molar-refractivity contribution in [3.05, 3.63) is 29.3 Å². The molecular formula is C15H16N2O3S. The van der Waals surface area contributed by atoms with Crippen LogP contribution >= 0.6 is 11.8 Å². The largest absolute Gasteiger partial charge is 0.323 e. The van der Waals surface area contributed by atoms with E-state index in [1.807, 2.05) is 6.07 Å². The second-order valence-electron chi connectivity index (χ2n) is 5.29. The van der Waals surface area contributed by atoms with Gasteiger partial charge >= 0.3 is 0 Å². The first kappa shape index (κ1) is 14.1. The third kappa shape index (κ3) is 3.26. The molecule has 0 radical (unpaired) electrons. The summed E-state index contributed by atoms with van der Waals surface area (Å²) in [5.41, 5.74) is 2.78. The predicted molar refractivity (Wildman–Crippen MR) is 78.9 cm³/mol. The van der Waals surface area contributed by atoms with E-state index in [1.165, 1.54) is 34.2 Å². The summed E-state index contributed by atoms with van der Waals surface area (Å²) in [4.78, 5) is 37.0. The van der Waals surface area contributed by atoms with Crippen LogP contribution < -0.4 is 5.32 Å². The van der Waals surface area contributed by atoms with Crippen molar-refractivity contribution in [2.75, 3.05) is 18.8 Å². The van der Waals surface area contributed by atoms with Crippen LogP contribution in [0.15, 0.2) is 23.1 Å². The van der Waals surface area contributed by atoms with Crippen LogP contribution in [-0.4, -0.2) is 41.5 Å². The normalized spacial score (nSPS) is 17.6. The van der Waals surface area contributed by atoms with Gasteiger partial charge in [0.1, 0.15) is 13.1 Å². The molecule has 1 fully saturated rings. The SMILES string of the molecule is O=C1CN(C(=O)CSc2ccc3c(c2)CCC3)CC(=O)N1. The Labute approximate surface area is 127 Å². The molecule has 1 N–H and O–H groups in total. The van der Waals surface area contributed by atoms with Crippen molar-refractivity contribution in [2.24, 2.45) is 0 Å². The first-order chi connectivity index (χ1) is 10.1. The third-order valence-electron chi connectivity index (χ3n) is 3.73. The van der Waals surface area contributed by atoms with Gasteiger partial charge < -0.3 is 4.90 Å². The number of imide groups is 1. The van der Waals surface area contributed by atoms with Gasteiger partial charge in [-0.25, -0.2) is 0 Å². The van der Waals surface area contributed by atoms with Gasteiger partial charge in [-0.2, -0.15) is 0 Å². The minimum Gasteiger partial charge on any atom is -0.323 e. The van der Waals surface area contributed by atoms with Crippen molar-refractivity contribution in [3.63, 3.8) is 0 Å². The molecule has 1 aliphatic carbocycles. The lowest BCUT2D eigenvalue weighted by Crippen LogP contribution is -2.53. The Morgan fingerprint density at radius 3 is 2.62 bits per heavy atom. The molecule has 0 unspecified atom stereocenters. The summed E-state index contributed by atoms with van der Waals surface area (Å²) < 4.78 is 0. The quantitative estimate of drug-likeness (QED) is 0.661. The summed E-state index contributed by atoms with van der Waals surface area (Å²) in [7, 11) is 0. The maximum atomic E-state index is 12.1. The number of aryl methyl sites for hydroxylation is 2. The molecule has 1 aliphatic heterocycles. The minimum atomic E-state index is -0.415. The zero-order valence-corrected chi connectivity index (χ0v) is 12.4. The second-order valence-corrected chi connectivity index (χ2v) is 6.34. The van der Waals surface area contributed by atoms with E-state index in [-0.39, 0.29) is 24.7 Å². The van der Waals surface area contributed by atoms with Crippen LogP contribution in [0.4, 0.5) is 0 Å². The lowest BCUT2D eigenvalue weighted by molar-refractivity contribution is -0.144. The zero-order valence-electron chi connectivity index (χ0n) is 11.6. The molecule has 110 valence electrons.